The van der Waals surface area contributed by atoms with Crippen LogP contribution in [0.2, 0.25) is 0 Å². The van der Waals surface area contributed by atoms with Crippen molar-refractivity contribution in [2.45, 2.75) is 6.92 Å². The number of benzene rings is 1. The van der Waals surface area contributed by atoms with Crippen molar-refractivity contribution in [3.05, 3.63) is 31.9 Å². The van der Waals surface area contributed by atoms with Crippen molar-refractivity contribution in [1.29, 1.82) is 0 Å². The Morgan fingerprint density at radius 1 is 1.40 bits per heavy atom. The summed E-state index contributed by atoms with van der Waals surface area (Å²) in [5, 5.41) is 1.09. The van der Waals surface area contributed by atoms with Crippen molar-refractivity contribution in [3.8, 4) is 5.75 Å². The number of rotatable bonds is 1. The van der Waals surface area contributed by atoms with E-state index in [-0.39, 0.29) is 0 Å². The molecule has 15 heavy (non-hydrogen) atoms. The minimum atomic E-state index is 0.813. The second kappa shape index (κ2) is 4.25. The van der Waals surface area contributed by atoms with E-state index in [0.717, 1.165) is 30.4 Å². The summed E-state index contributed by atoms with van der Waals surface area (Å²) in [5.74, 6) is 0.813. The maximum absolute atomic E-state index is 5.29. The second-order valence-electron chi connectivity index (χ2n) is 3.18. The molecule has 2 nitrogen and oxygen atoms in total. The standard InChI is InChI=1S/C11H9BrINO/c1-6-10(13)9(12)7-4-3-5-8(15-2)11(7)14-6/h3-5H,1-2H3. The number of ether oxygens (including phenoxy) is 1. The van der Waals surface area contributed by atoms with Crippen molar-refractivity contribution in [2.24, 2.45) is 0 Å². The van der Waals surface area contributed by atoms with Gasteiger partial charge in [-0.3, -0.25) is 0 Å². The Bertz CT molecular complexity index is 527. The van der Waals surface area contributed by atoms with Crippen molar-refractivity contribution >= 4 is 49.4 Å². The third kappa shape index (κ3) is 1.85. The first kappa shape index (κ1) is 11.1. The first-order valence-corrected chi connectivity index (χ1v) is 6.30. The van der Waals surface area contributed by atoms with E-state index >= 15 is 0 Å². The van der Waals surface area contributed by atoms with Gasteiger partial charge >= 0.3 is 0 Å². The van der Waals surface area contributed by atoms with Crippen molar-refractivity contribution < 1.29 is 4.74 Å². The monoisotopic (exact) mass is 377 g/mol. The van der Waals surface area contributed by atoms with Gasteiger partial charge in [0.15, 0.2) is 0 Å². The van der Waals surface area contributed by atoms with Gasteiger partial charge in [0, 0.05) is 13.4 Å². The summed E-state index contributed by atoms with van der Waals surface area (Å²) in [5.41, 5.74) is 1.92. The zero-order chi connectivity index (χ0) is 11.0. The Balaban J connectivity index is 2.91. The number of fused-ring (bicyclic) bond motifs is 1. The SMILES string of the molecule is COc1cccc2c(Br)c(I)c(C)nc12. The van der Waals surface area contributed by atoms with Crippen molar-refractivity contribution in [1.82, 2.24) is 4.98 Å². The summed E-state index contributed by atoms with van der Waals surface area (Å²) in [6.07, 6.45) is 0. The van der Waals surface area contributed by atoms with E-state index in [4.69, 9.17) is 4.74 Å². The Kier molecular flexibility index (Phi) is 3.16. The Morgan fingerprint density at radius 2 is 2.13 bits per heavy atom. The molecule has 0 radical (unpaired) electrons. The minimum absolute atomic E-state index is 0.813. The summed E-state index contributed by atoms with van der Waals surface area (Å²) >= 11 is 5.88. The predicted octanol–water partition coefficient (Wildman–Crippen LogP) is 3.92. The molecule has 0 amide bonds. The molecule has 78 valence electrons. The molecule has 0 aliphatic carbocycles. The Labute approximate surface area is 110 Å². The lowest BCUT2D eigenvalue weighted by molar-refractivity contribution is 0.419. The number of para-hydroxylation sites is 1. The van der Waals surface area contributed by atoms with Crippen LogP contribution in [-0.4, -0.2) is 12.1 Å². The normalized spacial score (nSPS) is 10.7. The van der Waals surface area contributed by atoms with Gasteiger partial charge in [-0.2, -0.15) is 0 Å². The van der Waals surface area contributed by atoms with E-state index in [1.165, 1.54) is 0 Å². The molecule has 0 saturated heterocycles. The highest BCUT2D eigenvalue weighted by atomic mass is 127. The number of methoxy groups -OCH3 is 1. The molecular formula is C11H9BrINO. The van der Waals surface area contributed by atoms with E-state index in [9.17, 15) is 0 Å². The van der Waals surface area contributed by atoms with Crippen molar-refractivity contribution in [2.75, 3.05) is 7.11 Å². The highest BCUT2D eigenvalue weighted by Gasteiger charge is 2.10. The van der Waals surface area contributed by atoms with Crippen LogP contribution in [0.15, 0.2) is 22.7 Å². The number of hydrogen-bond donors (Lipinski definition) is 0. The van der Waals surface area contributed by atoms with Gasteiger partial charge in [0.05, 0.1) is 12.8 Å². The van der Waals surface area contributed by atoms with Crippen LogP contribution < -0.4 is 4.74 Å². The molecule has 0 N–H and O–H groups in total. The first-order valence-electron chi connectivity index (χ1n) is 4.43. The molecule has 2 rings (SSSR count). The summed E-state index contributed by atoms with van der Waals surface area (Å²) in [6, 6.07) is 5.93. The molecule has 1 heterocycles. The lowest BCUT2D eigenvalue weighted by Gasteiger charge is -2.09. The summed E-state index contributed by atoms with van der Waals surface area (Å²) < 4.78 is 7.53. The molecule has 0 atom stereocenters. The summed E-state index contributed by atoms with van der Waals surface area (Å²) in [6.45, 7) is 2.00. The average Bonchev–Trinajstić information content (AvgIpc) is 2.25. The van der Waals surface area contributed by atoms with Crippen LogP contribution in [0.3, 0.4) is 0 Å². The maximum Gasteiger partial charge on any atom is 0.145 e. The molecule has 0 aliphatic heterocycles. The van der Waals surface area contributed by atoms with Crippen LogP contribution in [0.5, 0.6) is 5.75 Å². The fraction of sp³-hybridized carbons (Fsp3) is 0.182. The number of pyridine rings is 1. The lowest BCUT2D eigenvalue weighted by atomic mass is 10.2. The van der Waals surface area contributed by atoms with Crippen LogP contribution in [0.4, 0.5) is 0 Å². The van der Waals surface area contributed by atoms with E-state index in [0.29, 0.717) is 0 Å². The fourth-order valence-corrected chi connectivity index (χ4v) is 2.49. The molecular weight excluding hydrogens is 369 g/mol. The van der Waals surface area contributed by atoms with E-state index < -0.39 is 0 Å². The molecule has 0 fully saturated rings. The molecule has 0 aliphatic rings. The second-order valence-corrected chi connectivity index (χ2v) is 5.05. The molecule has 0 unspecified atom stereocenters. The minimum Gasteiger partial charge on any atom is -0.494 e. The van der Waals surface area contributed by atoms with E-state index in [2.05, 4.69) is 43.5 Å². The third-order valence-electron chi connectivity index (χ3n) is 2.25. The van der Waals surface area contributed by atoms with Gasteiger partial charge in [-0.1, -0.05) is 12.1 Å². The number of hydrogen-bond acceptors (Lipinski definition) is 2. The Morgan fingerprint density at radius 3 is 2.80 bits per heavy atom. The summed E-state index contributed by atoms with van der Waals surface area (Å²) in [7, 11) is 1.66. The summed E-state index contributed by atoms with van der Waals surface area (Å²) in [4.78, 5) is 4.54. The van der Waals surface area contributed by atoms with Crippen LogP contribution in [-0.2, 0) is 0 Å². The predicted molar refractivity (Wildman–Crippen MR) is 73.4 cm³/mol. The molecule has 0 spiro atoms. The average molecular weight is 378 g/mol. The fourth-order valence-electron chi connectivity index (χ4n) is 1.47. The largest absolute Gasteiger partial charge is 0.494 e. The topological polar surface area (TPSA) is 22.1 Å². The van der Waals surface area contributed by atoms with Crippen LogP contribution in [0.1, 0.15) is 5.69 Å². The molecule has 2 aromatic rings. The van der Waals surface area contributed by atoms with Gasteiger partial charge < -0.3 is 4.74 Å². The van der Waals surface area contributed by atoms with Gasteiger partial charge in [-0.25, -0.2) is 4.98 Å². The zero-order valence-electron chi connectivity index (χ0n) is 8.34. The van der Waals surface area contributed by atoms with Crippen molar-refractivity contribution in [3.63, 3.8) is 0 Å². The zero-order valence-corrected chi connectivity index (χ0v) is 12.1. The maximum atomic E-state index is 5.29. The van der Waals surface area contributed by atoms with Crippen LogP contribution in [0, 0.1) is 10.5 Å². The number of halogens is 2. The van der Waals surface area contributed by atoms with Gasteiger partial charge in [-0.05, 0) is 51.5 Å². The Hall–Kier alpha value is -0.360. The van der Waals surface area contributed by atoms with Gasteiger partial charge in [0.1, 0.15) is 11.3 Å². The van der Waals surface area contributed by atoms with E-state index in [1.54, 1.807) is 7.11 Å². The highest BCUT2D eigenvalue weighted by Crippen LogP contribution is 2.33. The molecule has 1 aromatic carbocycles. The molecule has 0 saturated carbocycles. The number of aromatic nitrogens is 1. The number of nitrogens with zero attached hydrogens (tertiary/aromatic N) is 1. The van der Waals surface area contributed by atoms with Crippen LogP contribution in [0.25, 0.3) is 10.9 Å². The molecule has 1 aromatic heterocycles. The highest BCUT2D eigenvalue weighted by molar-refractivity contribution is 14.1. The number of aryl methyl sites for hydroxylation is 1. The first-order chi connectivity index (χ1) is 7.15. The lowest BCUT2D eigenvalue weighted by Crippen LogP contribution is -1.93. The molecule has 4 heteroatoms. The van der Waals surface area contributed by atoms with E-state index in [1.807, 2.05) is 25.1 Å². The van der Waals surface area contributed by atoms with Gasteiger partial charge in [0.2, 0.25) is 0 Å². The third-order valence-corrected chi connectivity index (χ3v) is 5.13. The smallest absolute Gasteiger partial charge is 0.145 e. The van der Waals surface area contributed by atoms with Crippen LogP contribution >= 0.6 is 38.5 Å². The van der Waals surface area contributed by atoms with Gasteiger partial charge in [-0.15, -0.1) is 0 Å². The van der Waals surface area contributed by atoms with Gasteiger partial charge in [0.25, 0.3) is 0 Å². The quantitative estimate of drug-likeness (QED) is 0.703. The molecule has 0 bridgehead atoms.